The molecule has 0 saturated carbocycles. The van der Waals surface area contributed by atoms with Gasteiger partial charge in [0, 0.05) is 10.9 Å². The zero-order chi connectivity index (χ0) is 14.1. The van der Waals surface area contributed by atoms with Crippen molar-refractivity contribution < 1.29 is 0 Å². The molecule has 0 amide bonds. The number of aromatic nitrogens is 2. The van der Waals surface area contributed by atoms with Crippen molar-refractivity contribution in [1.29, 1.82) is 0 Å². The van der Waals surface area contributed by atoms with Crippen LogP contribution in [0.15, 0.2) is 42.5 Å². The van der Waals surface area contributed by atoms with Crippen LogP contribution in [0.3, 0.4) is 0 Å². The molecule has 0 aliphatic carbocycles. The summed E-state index contributed by atoms with van der Waals surface area (Å²) < 4.78 is 0. The monoisotopic (exact) mass is 302 g/mol. The summed E-state index contributed by atoms with van der Waals surface area (Å²) in [6, 6.07) is 13.7. The second-order valence-corrected chi connectivity index (χ2v) is 5.29. The first-order valence-corrected chi connectivity index (χ1v) is 7.15. The van der Waals surface area contributed by atoms with Crippen LogP contribution in [-0.2, 0) is 6.42 Å². The van der Waals surface area contributed by atoms with Crippen LogP contribution in [0.4, 0.5) is 0 Å². The summed E-state index contributed by atoms with van der Waals surface area (Å²) in [5.41, 5.74) is 2.90. The van der Waals surface area contributed by atoms with Gasteiger partial charge in [0.15, 0.2) is 5.82 Å². The zero-order valence-corrected chi connectivity index (χ0v) is 12.4. The summed E-state index contributed by atoms with van der Waals surface area (Å²) in [5, 5.41) is 1.78. The van der Waals surface area contributed by atoms with Crippen LogP contribution in [0, 0.1) is 0 Å². The Morgan fingerprint density at radius 2 is 1.70 bits per heavy atom. The lowest BCUT2D eigenvalue weighted by molar-refractivity contribution is 1.14. The summed E-state index contributed by atoms with van der Waals surface area (Å²) in [4.78, 5) is 8.90. The summed E-state index contributed by atoms with van der Waals surface area (Å²) in [6.07, 6.45) is 1.01. The molecule has 1 aromatic heterocycles. The predicted molar refractivity (Wildman–Crippen MR) is 84.4 cm³/mol. The van der Waals surface area contributed by atoms with E-state index in [1.54, 1.807) is 6.07 Å². The van der Waals surface area contributed by atoms with Crippen LogP contribution < -0.4 is 0 Å². The van der Waals surface area contributed by atoms with Crippen molar-refractivity contribution in [1.82, 2.24) is 9.97 Å². The van der Waals surface area contributed by atoms with Gasteiger partial charge in [-0.25, -0.2) is 9.97 Å². The van der Waals surface area contributed by atoms with Gasteiger partial charge < -0.3 is 0 Å². The topological polar surface area (TPSA) is 25.8 Å². The number of hydrogen-bond acceptors (Lipinski definition) is 2. The van der Waals surface area contributed by atoms with E-state index in [2.05, 4.69) is 29.0 Å². The third kappa shape index (κ3) is 2.37. The van der Waals surface area contributed by atoms with E-state index in [0.717, 1.165) is 17.4 Å². The van der Waals surface area contributed by atoms with Crippen LogP contribution in [0.2, 0.25) is 10.2 Å². The standard InChI is InChI=1S/C16H12Cl2N2/c1-2-10-6-8-11(9-7-10)16-19-14-12(15(18)20-16)4-3-5-13(14)17/h3-9H,2H2,1H3. The van der Waals surface area contributed by atoms with Crippen molar-refractivity contribution in [3.63, 3.8) is 0 Å². The fraction of sp³-hybridized carbons (Fsp3) is 0.125. The van der Waals surface area contributed by atoms with Gasteiger partial charge in [-0.15, -0.1) is 0 Å². The van der Waals surface area contributed by atoms with Crippen molar-refractivity contribution >= 4 is 34.1 Å². The highest BCUT2D eigenvalue weighted by molar-refractivity contribution is 6.38. The minimum atomic E-state index is 0.423. The quantitative estimate of drug-likeness (QED) is 0.611. The number of nitrogens with zero attached hydrogens (tertiary/aromatic N) is 2. The number of para-hydroxylation sites is 1. The van der Waals surface area contributed by atoms with Gasteiger partial charge in [-0.3, -0.25) is 0 Å². The molecule has 0 fully saturated rings. The maximum Gasteiger partial charge on any atom is 0.161 e. The normalized spacial score (nSPS) is 10.9. The first-order valence-electron chi connectivity index (χ1n) is 6.40. The molecule has 100 valence electrons. The van der Waals surface area contributed by atoms with Gasteiger partial charge in [-0.2, -0.15) is 0 Å². The van der Waals surface area contributed by atoms with Crippen LogP contribution in [0.25, 0.3) is 22.3 Å². The Labute approximate surface area is 127 Å². The van der Waals surface area contributed by atoms with E-state index in [4.69, 9.17) is 23.2 Å². The number of fused-ring (bicyclic) bond motifs is 1. The highest BCUT2D eigenvalue weighted by Crippen LogP contribution is 2.29. The maximum absolute atomic E-state index is 6.23. The number of rotatable bonds is 2. The molecule has 3 rings (SSSR count). The Morgan fingerprint density at radius 3 is 2.40 bits per heavy atom. The van der Waals surface area contributed by atoms with Gasteiger partial charge in [-0.05, 0) is 24.1 Å². The Bertz CT molecular complexity index is 767. The molecule has 0 aliphatic heterocycles. The Balaban J connectivity index is 2.18. The van der Waals surface area contributed by atoms with Crippen LogP contribution in [0.5, 0.6) is 0 Å². The molecule has 0 spiro atoms. The third-order valence-corrected chi connectivity index (χ3v) is 3.84. The summed E-state index contributed by atoms with van der Waals surface area (Å²) in [6.45, 7) is 2.12. The maximum atomic E-state index is 6.23. The molecule has 3 aromatic rings. The number of benzene rings is 2. The lowest BCUT2D eigenvalue weighted by atomic mass is 10.1. The van der Waals surface area contributed by atoms with Gasteiger partial charge >= 0.3 is 0 Å². The number of aryl methyl sites for hydroxylation is 1. The molecule has 0 N–H and O–H groups in total. The Morgan fingerprint density at radius 1 is 0.950 bits per heavy atom. The molecule has 0 unspecified atom stereocenters. The van der Waals surface area contributed by atoms with E-state index in [0.29, 0.717) is 21.5 Å². The number of halogens is 2. The molecular formula is C16H12Cl2N2. The minimum absolute atomic E-state index is 0.423. The van der Waals surface area contributed by atoms with Crippen molar-refractivity contribution in [2.75, 3.05) is 0 Å². The van der Waals surface area contributed by atoms with E-state index >= 15 is 0 Å². The molecule has 0 radical (unpaired) electrons. The van der Waals surface area contributed by atoms with Crippen molar-refractivity contribution in [3.05, 3.63) is 58.2 Å². The van der Waals surface area contributed by atoms with E-state index in [1.165, 1.54) is 5.56 Å². The predicted octanol–water partition coefficient (Wildman–Crippen LogP) is 5.17. The molecule has 2 nitrogen and oxygen atoms in total. The highest BCUT2D eigenvalue weighted by Gasteiger charge is 2.10. The second-order valence-electron chi connectivity index (χ2n) is 4.52. The summed E-state index contributed by atoms with van der Waals surface area (Å²) in [7, 11) is 0. The Kier molecular flexibility index (Phi) is 3.60. The van der Waals surface area contributed by atoms with Crippen LogP contribution >= 0.6 is 23.2 Å². The molecule has 0 atom stereocenters. The van der Waals surface area contributed by atoms with Crippen LogP contribution in [-0.4, -0.2) is 9.97 Å². The van der Waals surface area contributed by atoms with Crippen LogP contribution in [0.1, 0.15) is 12.5 Å². The average molecular weight is 303 g/mol. The van der Waals surface area contributed by atoms with Crippen molar-refractivity contribution in [2.45, 2.75) is 13.3 Å². The van der Waals surface area contributed by atoms with Gasteiger partial charge in [0.2, 0.25) is 0 Å². The first-order chi connectivity index (χ1) is 9.69. The highest BCUT2D eigenvalue weighted by atomic mass is 35.5. The van der Waals surface area contributed by atoms with Gasteiger partial charge in [0.1, 0.15) is 5.15 Å². The SMILES string of the molecule is CCc1ccc(-c2nc(Cl)c3cccc(Cl)c3n2)cc1. The lowest BCUT2D eigenvalue weighted by Crippen LogP contribution is -1.93. The molecular weight excluding hydrogens is 291 g/mol. The van der Waals surface area contributed by atoms with E-state index < -0.39 is 0 Å². The smallest absolute Gasteiger partial charge is 0.161 e. The molecule has 0 bridgehead atoms. The second kappa shape index (κ2) is 5.39. The molecule has 0 aliphatic rings. The molecule has 20 heavy (non-hydrogen) atoms. The Hall–Kier alpha value is -1.64. The van der Waals surface area contributed by atoms with Crippen molar-refractivity contribution in [3.8, 4) is 11.4 Å². The average Bonchev–Trinajstić information content (AvgIpc) is 2.48. The molecule has 0 saturated heterocycles. The van der Waals surface area contributed by atoms with Gasteiger partial charge in [0.05, 0.1) is 10.5 Å². The van der Waals surface area contributed by atoms with Gasteiger partial charge in [-0.1, -0.05) is 60.5 Å². The third-order valence-electron chi connectivity index (χ3n) is 3.25. The summed E-state index contributed by atoms with van der Waals surface area (Å²) >= 11 is 12.4. The minimum Gasteiger partial charge on any atom is -0.226 e. The first kappa shape index (κ1) is 13.3. The lowest BCUT2D eigenvalue weighted by Gasteiger charge is -2.06. The molecule has 1 heterocycles. The van der Waals surface area contributed by atoms with Gasteiger partial charge in [0.25, 0.3) is 0 Å². The molecule has 4 heteroatoms. The van der Waals surface area contributed by atoms with E-state index in [-0.39, 0.29) is 0 Å². The largest absolute Gasteiger partial charge is 0.226 e. The fourth-order valence-corrected chi connectivity index (χ4v) is 2.55. The summed E-state index contributed by atoms with van der Waals surface area (Å²) in [5.74, 6) is 0.596. The van der Waals surface area contributed by atoms with Crippen molar-refractivity contribution in [2.24, 2.45) is 0 Å². The van der Waals surface area contributed by atoms with E-state index in [1.807, 2.05) is 24.3 Å². The van der Waals surface area contributed by atoms with E-state index in [9.17, 15) is 0 Å². The zero-order valence-electron chi connectivity index (χ0n) is 10.9. The molecule has 2 aromatic carbocycles. The number of hydrogen-bond donors (Lipinski definition) is 0. The fourth-order valence-electron chi connectivity index (χ4n) is 2.10.